The van der Waals surface area contributed by atoms with Crippen molar-refractivity contribution in [3.05, 3.63) is 32.7 Å². The molecule has 0 saturated carbocycles. The van der Waals surface area contributed by atoms with Gasteiger partial charge in [-0.05, 0) is 36.8 Å². The van der Waals surface area contributed by atoms with Crippen LogP contribution in [0.15, 0.2) is 18.2 Å². The van der Waals surface area contributed by atoms with Crippen LogP contribution < -0.4 is 15.0 Å². The molecule has 2 N–H and O–H groups in total. The number of methoxy groups -OCH3 is 1. The maximum atomic E-state index is 6.09. The molecule has 2 rings (SSSR count). The first kappa shape index (κ1) is 18.2. The Kier molecular flexibility index (Phi) is 6.83. The van der Waals surface area contributed by atoms with E-state index in [0.717, 1.165) is 39.9 Å². The second-order valence-electron chi connectivity index (χ2n) is 5.35. The molecule has 23 heavy (non-hydrogen) atoms. The fourth-order valence-corrected chi connectivity index (χ4v) is 3.46. The Morgan fingerprint density at radius 2 is 2.26 bits per heavy atom. The molecule has 2 aromatic rings. The smallest absolute Gasteiger partial charge is 0.204 e. The van der Waals surface area contributed by atoms with Gasteiger partial charge in [0, 0.05) is 17.1 Å². The maximum Gasteiger partial charge on any atom is 0.204 e. The first-order valence-corrected chi connectivity index (χ1v) is 9.09. The summed E-state index contributed by atoms with van der Waals surface area (Å²) in [7, 11) is 3.77. The molecule has 1 atom stereocenters. The molecule has 126 valence electrons. The van der Waals surface area contributed by atoms with Crippen molar-refractivity contribution in [1.29, 1.82) is 0 Å². The highest BCUT2D eigenvalue weighted by Crippen LogP contribution is 2.21. The van der Waals surface area contributed by atoms with Gasteiger partial charge >= 0.3 is 0 Å². The molecule has 0 aliphatic carbocycles. The quantitative estimate of drug-likeness (QED) is 0.698. The SMILES string of the molecule is CCCNc1nn(C[NH+](C)Cc2cc(Cl)ccc2OC)c(=S)s1. The van der Waals surface area contributed by atoms with Crippen LogP contribution in [0.25, 0.3) is 0 Å². The van der Waals surface area contributed by atoms with Crippen molar-refractivity contribution in [2.45, 2.75) is 26.6 Å². The third-order valence-electron chi connectivity index (χ3n) is 3.29. The van der Waals surface area contributed by atoms with Crippen molar-refractivity contribution in [3.63, 3.8) is 0 Å². The summed E-state index contributed by atoms with van der Waals surface area (Å²) in [6.45, 7) is 4.50. The monoisotopic (exact) mass is 373 g/mol. The second kappa shape index (κ2) is 8.63. The molecule has 8 heteroatoms. The predicted molar refractivity (Wildman–Crippen MR) is 98.3 cm³/mol. The van der Waals surface area contributed by atoms with E-state index in [9.17, 15) is 0 Å². The fraction of sp³-hybridized carbons (Fsp3) is 0.467. The fourth-order valence-electron chi connectivity index (χ4n) is 2.23. The highest BCUT2D eigenvalue weighted by Gasteiger charge is 2.12. The highest BCUT2D eigenvalue weighted by atomic mass is 35.5. The molecule has 0 bridgehead atoms. The van der Waals surface area contributed by atoms with Gasteiger partial charge in [0.25, 0.3) is 0 Å². The zero-order chi connectivity index (χ0) is 16.8. The molecule has 0 spiro atoms. The van der Waals surface area contributed by atoms with Gasteiger partial charge in [0.05, 0.1) is 14.2 Å². The van der Waals surface area contributed by atoms with Gasteiger partial charge in [-0.25, -0.2) is 0 Å². The highest BCUT2D eigenvalue weighted by molar-refractivity contribution is 7.73. The first-order valence-electron chi connectivity index (χ1n) is 7.49. The number of quaternary nitrogens is 1. The van der Waals surface area contributed by atoms with Crippen molar-refractivity contribution in [3.8, 4) is 5.75 Å². The van der Waals surface area contributed by atoms with Crippen LogP contribution in [0.5, 0.6) is 5.75 Å². The number of ether oxygens (including phenoxy) is 1. The van der Waals surface area contributed by atoms with Crippen molar-refractivity contribution in [2.24, 2.45) is 0 Å². The van der Waals surface area contributed by atoms with Crippen molar-refractivity contribution in [1.82, 2.24) is 9.78 Å². The summed E-state index contributed by atoms with van der Waals surface area (Å²) in [4.78, 5) is 1.24. The van der Waals surface area contributed by atoms with Crippen molar-refractivity contribution >= 4 is 40.3 Å². The normalized spacial score (nSPS) is 12.2. The summed E-state index contributed by atoms with van der Waals surface area (Å²) in [6.07, 6.45) is 1.06. The van der Waals surface area contributed by atoms with E-state index < -0.39 is 0 Å². The van der Waals surface area contributed by atoms with E-state index >= 15 is 0 Å². The van der Waals surface area contributed by atoms with Crippen LogP contribution in [0.1, 0.15) is 18.9 Å². The van der Waals surface area contributed by atoms with Crippen LogP contribution in [-0.2, 0) is 13.2 Å². The number of aromatic nitrogens is 2. The van der Waals surface area contributed by atoms with E-state index in [4.69, 9.17) is 28.6 Å². The largest absolute Gasteiger partial charge is 0.496 e. The van der Waals surface area contributed by atoms with E-state index in [1.54, 1.807) is 7.11 Å². The summed E-state index contributed by atoms with van der Waals surface area (Å²) in [6, 6.07) is 5.67. The lowest BCUT2D eigenvalue weighted by Gasteiger charge is -2.16. The second-order valence-corrected chi connectivity index (χ2v) is 7.41. The lowest BCUT2D eigenvalue weighted by atomic mass is 10.2. The zero-order valence-electron chi connectivity index (χ0n) is 13.6. The molecule has 0 fully saturated rings. The van der Waals surface area contributed by atoms with Crippen LogP contribution in [0.3, 0.4) is 0 Å². The molecular formula is C15H22ClN4OS2+. The van der Waals surface area contributed by atoms with Gasteiger partial charge in [-0.1, -0.05) is 29.9 Å². The van der Waals surface area contributed by atoms with E-state index in [1.807, 2.05) is 22.9 Å². The van der Waals surface area contributed by atoms with Gasteiger partial charge in [-0.2, -0.15) is 4.68 Å². The molecule has 5 nitrogen and oxygen atoms in total. The van der Waals surface area contributed by atoms with Gasteiger partial charge in [0.2, 0.25) is 5.13 Å². The number of hydrogen-bond donors (Lipinski definition) is 2. The molecule has 0 aliphatic heterocycles. The van der Waals surface area contributed by atoms with Crippen LogP contribution in [0.2, 0.25) is 5.02 Å². The van der Waals surface area contributed by atoms with Gasteiger partial charge in [-0.15, -0.1) is 5.10 Å². The zero-order valence-corrected chi connectivity index (χ0v) is 15.9. The molecule has 1 aromatic carbocycles. The lowest BCUT2D eigenvalue weighted by Crippen LogP contribution is -3.07. The van der Waals surface area contributed by atoms with Crippen LogP contribution in [0.4, 0.5) is 5.13 Å². The number of benzene rings is 1. The van der Waals surface area contributed by atoms with E-state index in [-0.39, 0.29) is 0 Å². The third-order valence-corrected chi connectivity index (χ3v) is 4.79. The van der Waals surface area contributed by atoms with Crippen LogP contribution in [-0.4, -0.2) is 30.5 Å². The average Bonchev–Trinajstić information content (AvgIpc) is 2.85. The Bertz CT molecular complexity index is 701. The van der Waals surface area contributed by atoms with E-state index in [1.165, 1.54) is 16.2 Å². The summed E-state index contributed by atoms with van der Waals surface area (Å²) in [5, 5.41) is 9.40. The molecule has 1 heterocycles. The number of anilines is 1. The Hall–Kier alpha value is -1.15. The molecule has 0 radical (unpaired) electrons. The first-order chi connectivity index (χ1) is 11.0. The Morgan fingerprint density at radius 3 is 2.96 bits per heavy atom. The average molecular weight is 374 g/mol. The Balaban J connectivity index is 2.05. The standard InChI is InChI=1S/C15H21ClN4OS2/c1-4-7-17-14-18-20(15(22)23-14)10-19(2)9-11-8-12(16)5-6-13(11)21-3/h5-6,8H,4,7,9-10H2,1-3H3,(H,17,18)/p+1. The van der Waals surface area contributed by atoms with Crippen molar-refractivity contribution in [2.75, 3.05) is 26.0 Å². The number of halogens is 1. The Morgan fingerprint density at radius 1 is 1.48 bits per heavy atom. The minimum Gasteiger partial charge on any atom is -0.496 e. The summed E-state index contributed by atoms with van der Waals surface area (Å²) >= 11 is 13.0. The topological polar surface area (TPSA) is 43.5 Å². The minimum absolute atomic E-state index is 0.693. The number of nitrogens with zero attached hydrogens (tertiary/aromatic N) is 2. The molecule has 1 unspecified atom stereocenters. The van der Waals surface area contributed by atoms with Gasteiger partial charge in [-0.3, -0.25) is 0 Å². The molecular weight excluding hydrogens is 352 g/mol. The van der Waals surface area contributed by atoms with E-state index in [0.29, 0.717) is 11.7 Å². The van der Waals surface area contributed by atoms with E-state index in [2.05, 4.69) is 24.4 Å². The van der Waals surface area contributed by atoms with Gasteiger partial charge < -0.3 is 15.0 Å². The number of hydrogen-bond acceptors (Lipinski definition) is 5. The molecule has 0 saturated heterocycles. The minimum atomic E-state index is 0.693. The third kappa shape index (κ3) is 5.17. The Labute approximate surface area is 150 Å². The van der Waals surface area contributed by atoms with Crippen LogP contribution in [0, 0.1) is 3.95 Å². The van der Waals surface area contributed by atoms with Gasteiger partial charge in [0.15, 0.2) is 10.6 Å². The van der Waals surface area contributed by atoms with Gasteiger partial charge in [0.1, 0.15) is 12.3 Å². The summed E-state index contributed by atoms with van der Waals surface area (Å²) < 4.78 is 8.04. The van der Waals surface area contributed by atoms with Crippen LogP contribution >= 0.6 is 35.2 Å². The number of rotatable bonds is 8. The summed E-state index contributed by atoms with van der Waals surface area (Å²) in [5.74, 6) is 0.848. The molecule has 1 aromatic heterocycles. The van der Waals surface area contributed by atoms with Crippen molar-refractivity contribution < 1.29 is 9.64 Å². The maximum absolute atomic E-state index is 6.09. The summed E-state index contributed by atoms with van der Waals surface area (Å²) in [5.41, 5.74) is 1.07. The predicted octanol–water partition coefficient (Wildman–Crippen LogP) is 2.83. The molecule has 0 aliphatic rings. The number of nitrogens with one attached hydrogen (secondary N) is 2. The lowest BCUT2D eigenvalue weighted by molar-refractivity contribution is -0.917. The molecule has 0 amide bonds.